The first-order chi connectivity index (χ1) is 16.1. The second kappa shape index (κ2) is 11.0. The fourth-order valence-corrected chi connectivity index (χ4v) is 4.05. The van der Waals surface area contributed by atoms with Gasteiger partial charge in [-0.2, -0.15) is 0 Å². The molecule has 2 N–H and O–H groups in total. The van der Waals surface area contributed by atoms with E-state index in [0.29, 0.717) is 45.2 Å². The number of hydrogen-bond donors (Lipinski definition) is 2. The number of aliphatic hydroxyl groups is 1. The molecule has 1 fully saturated rings. The Hall–Kier alpha value is -3.39. The van der Waals surface area contributed by atoms with E-state index in [-0.39, 0.29) is 18.4 Å². The summed E-state index contributed by atoms with van der Waals surface area (Å²) < 4.78 is 5.90. The molecule has 2 heterocycles. The van der Waals surface area contributed by atoms with Crippen molar-refractivity contribution in [2.75, 3.05) is 26.3 Å². The van der Waals surface area contributed by atoms with Crippen LogP contribution in [0.15, 0.2) is 53.5 Å². The molecule has 0 atom stereocenters. The van der Waals surface area contributed by atoms with Crippen LogP contribution in [0.4, 0.5) is 5.69 Å². The van der Waals surface area contributed by atoms with Gasteiger partial charge < -0.3 is 19.6 Å². The summed E-state index contributed by atoms with van der Waals surface area (Å²) in [5, 5.41) is 12.1. The van der Waals surface area contributed by atoms with Crippen molar-refractivity contribution in [2.24, 2.45) is 4.99 Å². The Kier molecular flexibility index (Phi) is 7.57. The zero-order valence-electron chi connectivity index (χ0n) is 18.7. The van der Waals surface area contributed by atoms with E-state index in [2.05, 4.69) is 10.3 Å². The van der Waals surface area contributed by atoms with Crippen molar-refractivity contribution >= 4 is 23.5 Å². The lowest BCUT2D eigenvalue weighted by molar-refractivity contribution is -0.132. The van der Waals surface area contributed by atoms with Gasteiger partial charge in [0.15, 0.2) is 0 Å². The Morgan fingerprint density at radius 2 is 1.97 bits per heavy atom. The maximum absolute atomic E-state index is 12.6. The fraction of sp³-hybridized carbons (Fsp3) is 0.400. The number of rotatable bonds is 11. The van der Waals surface area contributed by atoms with Crippen LogP contribution in [0.1, 0.15) is 36.8 Å². The first-order valence-electron chi connectivity index (χ1n) is 11.4. The Morgan fingerprint density at radius 3 is 2.79 bits per heavy atom. The van der Waals surface area contributed by atoms with Gasteiger partial charge in [0, 0.05) is 31.6 Å². The van der Waals surface area contributed by atoms with Crippen molar-refractivity contribution in [3.05, 3.63) is 59.7 Å². The number of aliphatic imine (C=N–C) groups is 1. The van der Waals surface area contributed by atoms with Gasteiger partial charge in [0.25, 0.3) is 0 Å². The highest BCUT2D eigenvalue weighted by Gasteiger charge is 2.29. The number of benzene rings is 2. The van der Waals surface area contributed by atoms with Crippen LogP contribution in [0, 0.1) is 0 Å². The molecule has 4 rings (SSSR count). The number of carbonyl (C=O) groups excluding carboxylic acids is 2. The van der Waals surface area contributed by atoms with Crippen molar-refractivity contribution in [1.82, 2.24) is 15.1 Å². The summed E-state index contributed by atoms with van der Waals surface area (Å²) in [7, 11) is 0. The average Bonchev–Trinajstić information content (AvgIpc) is 3.18. The second-order valence-corrected chi connectivity index (χ2v) is 8.31. The second-order valence-electron chi connectivity index (χ2n) is 8.31. The zero-order chi connectivity index (χ0) is 23.0. The highest BCUT2D eigenvalue weighted by Crippen LogP contribution is 2.30. The highest BCUT2D eigenvalue weighted by molar-refractivity contribution is 6.05. The molecule has 2 amide bonds. The van der Waals surface area contributed by atoms with Crippen molar-refractivity contribution < 1.29 is 19.4 Å². The number of unbranched alkanes of at least 4 members (excludes halogenated alkanes) is 2. The van der Waals surface area contributed by atoms with Gasteiger partial charge in [0.2, 0.25) is 17.8 Å². The molecule has 2 aliphatic rings. The normalized spacial score (nSPS) is 14.3. The predicted molar refractivity (Wildman–Crippen MR) is 125 cm³/mol. The number of hydrogen-bond acceptors (Lipinski definition) is 6. The molecule has 0 saturated carbocycles. The van der Waals surface area contributed by atoms with Crippen molar-refractivity contribution in [3.8, 4) is 5.75 Å². The van der Waals surface area contributed by atoms with E-state index in [1.54, 1.807) is 4.90 Å². The summed E-state index contributed by atoms with van der Waals surface area (Å²) in [6.07, 6.45) is 3.01. The van der Waals surface area contributed by atoms with Crippen LogP contribution in [0.25, 0.3) is 0 Å². The molecule has 0 aromatic heterocycles. The largest absolute Gasteiger partial charge is 0.494 e. The summed E-state index contributed by atoms with van der Waals surface area (Å²) in [6, 6.07) is 15.6. The van der Waals surface area contributed by atoms with Crippen molar-refractivity contribution in [3.63, 3.8) is 0 Å². The lowest BCUT2D eigenvalue weighted by Gasteiger charge is -2.23. The van der Waals surface area contributed by atoms with Crippen LogP contribution in [-0.4, -0.2) is 59.0 Å². The number of amides is 2. The maximum atomic E-state index is 12.6. The highest BCUT2D eigenvalue weighted by atomic mass is 16.5. The molecule has 2 aliphatic heterocycles. The molecular formula is C25H30N4O4. The first kappa shape index (κ1) is 22.8. The summed E-state index contributed by atoms with van der Waals surface area (Å²) in [6.45, 7) is 2.39. The topological polar surface area (TPSA) is 94.5 Å². The summed E-state index contributed by atoms with van der Waals surface area (Å²) in [5.41, 5.74) is 2.96. The number of fused-ring (bicyclic) bond motifs is 2. The van der Waals surface area contributed by atoms with Gasteiger partial charge in [0.05, 0.1) is 18.9 Å². The van der Waals surface area contributed by atoms with Gasteiger partial charge in [-0.3, -0.25) is 14.9 Å². The molecule has 8 heteroatoms. The lowest BCUT2D eigenvalue weighted by Crippen LogP contribution is -2.32. The summed E-state index contributed by atoms with van der Waals surface area (Å²) >= 11 is 0. The number of aliphatic hydroxyl groups excluding tert-OH is 1. The molecule has 2 aromatic carbocycles. The minimum Gasteiger partial charge on any atom is -0.494 e. The van der Waals surface area contributed by atoms with Crippen LogP contribution < -0.4 is 10.1 Å². The van der Waals surface area contributed by atoms with Crippen molar-refractivity contribution in [2.45, 2.75) is 38.8 Å². The van der Waals surface area contributed by atoms with E-state index in [4.69, 9.17) is 4.74 Å². The monoisotopic (exact) mass is 450 g/mol. The van der Waals surface area contributed by atoms with Gasteiger partial charge in [-0.15, -0.1) is 0 Å². The minimum atomic E-state index is -0.0373. The standard InChI is InChI=1S/C25H30N4O4/c30-13-12-28(16-19-7-3-1-4-8-19)24(32)9-5-2-6-14-33-21-10-11-22-20(15-21)17-29-18-23(31)27-25(29)26-22/h1,3-4,7-8,10-11,15,30H,2,5-6,9,12-14,16-18H2,(H,26,27,31). The molecule has 1 saturated heterocycles. The molecule has 0 radical (unpaired) electrons. The van der Waals surface area contributed by atoms with E-state index < -0.39 is 0 Å². The van der Waals surface area contributed by atoms with E-state index in [9.17, 15) is 14.7 Å². The number of nitrogens with zero attached hydrogens (tertiary/aromatic N) is 3. The van der Waals surface area contributed by atoms with Gasteiger partial charge in [-0.25, -0.2) is 4.99 Å². The molecule has 0 aliphatic carbocycles. The zero-order valence-corrected chi connectivity index (χ0v) is 18.7. The van der Waals surface area contributed by atoms with Crippen LogP contribution in [0.5, 0.6) is 5.75 Å². The Balaban J connectivity index is 1.17. The molecular weight excluding hydrogens is 420 g/mol. The van der Waals surface area contributed by atoms with Crippen LogP contribution in [0.2, 0.25) is 0 Å². The Bertz CT molecular complexity index is 1010. The van der Waals surface area contributed by atoms with E-state index >= 15 is 0 Å². The van der Waals surface area contributed by atoms with Gasteiger partial charge >= 0.3 is 0 Å². The molecule has 2 aromatic rings. The van der Waals surface area contributed by atoms with Crippen molar-refractivity contribution in [1.29, 1.82) is 0 Å². The molecule has 33 heavy (non-hydrogen) atoms. The molecule has 0 unspecified atom stereocenters. The molecule has 0 bridgehead atoms. The Morgan fingerprint density at radius 1 is 1.12 bits per heavy atom. The van der Waals surface area contributed by atoms with E-state index in [1.807, 2.05) is 53.4 Å². The smallest absolute Gasteiger partial charge is 0.246 e. The third-order valence-corrected chi connectivity index (χ3v) is 5.77. The fourth-order valence-electron chi connectivity index (χ4n) is 4.05. The van der Waals surface area contributed by atoms with Crippen LogP contribution in [0.3, 0.4) is 0 Å². The Labute approximate surface area is 193 Å². The number of nitrogens with one attached hydrogen (secondary N) is 1. The predicted octanol–water partition coefficient (Wildman–Crippen LogP) is 2.58. The number of carbonyl (C=O) groups is 2. The molecule has 8 nitrogen and oxygen atoms in total. The maximum Gasteiger partial charge on any atom is 0.246 e. The van der Waals surface area contributed by atoms with Crippen LogP contribution in [-0.2, 0) is 22.7 Å². The summed E-state index contributed by atoms with van der Waals surface area (Å²) in [4.78, 5) is 32.3. The molecule has 174 valence electrons. The third-order valence-electron chi connectivity index (χ3n) is 5.77. The summed E-state index contributed by atoms with van der Waals surface area (Å²) in [5.74, 6) is 1.45. The van der Waals surface area contributed by atoms with Crippen LogP contribution >= 0.6 is 0 Å². The van der Waals surface area contributed by atoms with Gasteiger partial charge in [-0.1, -0.05) is 30.3 Å². The number of guanidine groups is 1. The SMILES string of the molecule is O=C1CN2Cc3cc(OCCCCCC(=O)N(CCO)Cc4ccccc4)ccc3N=C2N1. The quantitative estimate of drug-likeness (QED) is 0.513. The number of ether oxygens (including phenoxy) is 1. The first-order valence-corrected chi connectivity index (χ1v) is 11.4. The minimum absolute atomic E-state index is 0.0314. The van der Waals surface area contributed by atoms with Gasteiger partial charge in [0.1, 0.15) is 12.3 Å². The van der Waals surface area contributed by atoms with E-state index in [0.717, 1.165) is 41.8 Å². The van der Waals surface area contributed by atoms with E-state index in [1.165, 1.54) is 0 Å². The third kappa shape index (κ3) is 6.10. The average molecular weight is 451 g/mol. The van der Waals surface area contributed by atoms with Gasteiger partial charge in [-0.05, 0) is 43.0 Å². The molecule has 0 spiro atoms. The lowest BCUT2D eigenvalue weighted by atomic mass is 10.1.